The van der Waals surface area contributed by atoms with Gasteiger partial charge in [-0.25, -0.2) is 13.8 Å². The molecular weight excluding hydrogens is 362 g/mol. The van der Waals surface area contributed by atoms with Crippen LogP contribution >= 0.6 is 12.8 Å². The second-order valence-corrected chi connectivity index (χ2v) is 5.17. The molecule has 6 nitrogen and oxygen atoms in total. The van der Waals surface area contributed by atoms with Crippen LogP contribution in [-0.4, -0.2) is 27.8 Å². The summed E-state index contributed by atoms with van der Waals surface area (Å²) in [5, 5.41) is 4.10. The molecule has 26 heavy (non-hydrogen) atoms. The average Bonchev–Trinajstić information content (AvgIpc) is 3.15. The Morgan fingerprint density at radius 1 is 1.23 bits per heavy atom. The summed E-state index contributed by atoms with van der Waals surface area (Å²) in [6.45, 7) is 0.534. The molecule has 0 radical (unpaired) electrons. The van der Waals surface area contributed by atoms with Crippen molar-refractivity contribution in [1.82, 2.24) is 19.5 Å². The fraction of sp³-hybridized carbons (Fsp3) is 0.118. The Morgan fingerprint density at radius 2 is 1.96 bits per heavy atom. The topological polar surface area (TPSA) is 69.0 Å². The van der Waals surface area contributed by atoms with E-state index >= 15 is 0 Å². The monoisotopic (exact) mass is 378 g/mol. The van der Waals surface area contributed by atoms with Crippen molar-refractivity contribution in [3.8, 4) is 5.88 Å². The maximum atomic E-state index is 11.9. The van der Waals surface area contributed by atoms with Gasteiger partial charge in [-0.1, -0.05) is 18.9 Å². The van der Waals surface area contributed by atoms with Crippen molar-refractivity contribution in [3.63, 3.8) is 0 Å². The Bertz CT molecular complexity index is 842. The van der Waals surface area contributed by atoms with Crippen LogP contribution in [0.4, 0.5) is 8.78 Å². The van der Waals surface area contributed by atoms with Gasteiger partial charge in [-0.2, -0.15) is 5.10 Å². The highest BCUT2D eigenvalue weighted by molar-refractivity contribution is 7.78. The Labute approximate surface area is 154 Å². The fourth-order valence-electron chi connectivity index (χ4n) is 1.98. The normalized spacial score (nSPS) is 9.85. The van der Waals surface area contributed by atoms with Gasteiger partial charge in [0.1, 0.15) is 17.3 Å². The van der Waals surface area contributed by atoms with Gasteiger partial charge < -0.3 is 4.74 Å². The lowest BCUT2D eigenvalue weighted by atomic mass is 10.2. The highest BCUT2D eigenvalue weighted by Gasteiger charge is 2.11. The molecule has 0 aliphatic rings. The van der Waals surface area contributed by atoms with Crippen molar-refractivity contribution in [3.05, 3.63) is 77.8 Å². The van der Waals surface area contributed by atoms with Gasteiger partial charge in [-0.15, -0.1) is 0 Å². The molecule has 1 N–H and O–H groups in total. The lowest BCUT2D eigenvalue weighted by molar-refractivity contribution is 0.0979. The van der Waals surface area contributed by atoms with Crippen molar-refractivity contribution < 1.29 is 18.3 Å². The third-order valence-electron chi connectivity index (χ3n) is 3.14. The molecule has 0 spiro atoms. The number of carbonyl (C=O) groups is 1. The summed E-state index contributed by atoms with van der Waals surface area (Å²) in [6, 6.07) is 9.79. The largest absolute Gasteiger partial charge is 0.481 e. The van der Waals surface area contributed by atoms with Gasteiger partial charge in [0.2, 0.25) is 5.88 Å². The summed E-state index contributed by atoms with van der Waals surface area (Å²) in [5.74, 6) is -1.04. The number of thiol groups is 1. The molecule has 0 atom stereocenters. The SMILES string of the molecule is COc1nc(C(=O)NS)ccc1Cn1cccn1.Fc1cccc(F)c1. The summed E-state index contributed by atoms with van der Waals surface area (Å²) in [6.07, 6.45) is 3.54. The molecule has 2 heterocycles. The van der Waals surface area contributed by atoms with E-state index in [0.717, 1.165) is 11.6 Å². The summed E-state index contributed by atoms with van der Waals surface area (Å²) >= 11 is 3.69. The summed E-state index contributed by atoms with van der Waals surface area (Å²) in [7, 11) is 1.51. The molecule has 0 saturated heterocycles. The molecule has 0 saturated carbocycles. The molecule has 0 bridgehead atoms. The quantitative estimate of drug-likeness (QED) is 0.685. The molecule has 9 heteroatoms. The van der Waals surface area contributed by atoms with Gasteiger partial charge in [0.05, 0.1) is 13.7 Å². The van der Waals surface area contributed by atoms with Gasteiger partial charge >= 0.3 is 0 Å². The van der Waals surface area contributed by atoms with Crippen molar-refractivity contribution in [2.75, 3.05) is 7.11 Å². The average molecular weight is 378 g/mol. The van der Waals surface area contributed by atoms with Crippen LogP contribution in [0, 0.1) is 11.6 Å². The van der Waals surface area contributed by atoms with Crippen molar-refractivity contribution in [2.45, 2.75) is 6.54 Å². The van der Waals surface area contributed by atoms with Gasteiger partial charge in [0.15, 0.2) is 0 Å². The van der Waals surface area contributed by atoms with E-state index < -0.39 is 11.6 Å². The number of nitrogens with one attached hydrogen (secondary N) is 1. The Balaban J connectivity index is 0.000000254. The maximum absolute atomic E-state index is 11.9. The maximum Gasteiger partial charge on any atom is 0.279 e. The molecular formula is C17H16F2N4O2S. The molecule has 0 fully saturated rings. The van der Waals surface area contributed by atoms with Crippen LogP contribution in [0.3, 0.4) is 0 Å². The van der Waals surface area contributed by atoms with Crippen molar-refractivity contribution in [2.24, 2.45) is 0 Å². The third kappa shape index (κ3) is 5.55. The van der Waals surface area contributed by atoms with Crippen LogP contribution < -0.4 is 9.46 Å². The van der Waals surface area contributed by atoms with Gasteiger partial charge in [-0.05, 0) is 30.3 Å². The van der Waals surface area contributed by atoms with E-state index in [9.17, 15) is 13.6 Å². The number of halogens is 2. The standard InChI is InChI=1S/C11H12N4O2S.C6H4F2/c1-17-11-8(7-15-6-2-5-12-15)3-4-9(13-11)10(16)14-18;7-5-2-1-3-6(8)4-5/h2-6,18H,7H2,1H3,(H,14,16);1-4H. The van der Waals surface area contributed by atoms with E-state index in [1.54, 1.807) is 23.0 Å². The molecule has 3 rings (SSSR count). The first-order valence-electron chi connectivity index (χ1n) is 7.40. The second-order valence-electron chi connectivity index (χ2n) is 4.95. The minimum absolute atomic E-state index is 0.256. The van der Waals surface area contributed by atoms with Crippen LogP contribution in [-0.2, 0) is 6.54 Å². The molecule has 2 aromatic heterocycles. The number of carbonyl (C=O) groups excluding carboxylic acids is 1. The number of aromatic nitrogens is 3. The predicted molar refractivity (Wildman–Crippen MR) is 94.9 cm³/mol. The number of methoxy groups -OCH3 is 1. The summed E-state index contributed by atoms with van der Waals surface area (Å²) < 4.78 is 33.0. The number of ether oxygens (including phenoxy) is 1. The van der Waals surface area contributed by atoms with Crippen LogP contribution in [0.1, 0.15) is 16.1 Å². The molecule has 0 aliphatic heterocycles. The first kappa shape index (κ1) is 19.4. The number of amides is 1. The highest BCUT2D eigenvalue weighted by Crippen LogP contribution is 2.17. The minimum atomic E-state index is -0.537. The number of nitrogens with zero attached hydrogens (tertiary/aromatic N) is 3. The molecule has 0 unspecified atom stereocenters. The van der Waals surface area contributed by atoms with E-state index in [1.165, 1.54) is 25.3 Å². The number of hydrogen-bond acceptors (Lipinski definition) is 5. The van der Waals surface area contributed by atoms with E-state index in [0.29, 0.717) is 12.4 Å². The first-order chi connectivity index (χ1) is 12.5. The van der Waals surface area contributed by atoms with Crippen molar-refractivity contribution in [1.29, 1.82) is 0 Å². The van der Waals surface area contributed by atoms with Gasteiger partial charge in [0, 0.05) is 24.0 Å². The van der Waals surface area contributed by atoms with Crippen LogP contribution in [0.2, 0.25) is 0 Å². The smallest absolute Gasteiger partial charge is 0.279 e. The number of pyridine rings is 1. The van der Waals surface area contributed by atoms with Crippen molar-refractivity contribution >= 4 is 18.7 Å². The third-order valence-corrected chi connectivity index (χ3v) is 3.35. The van der Waals surface area contributed by atoms with Crippen LogP contribution in [0.25, 0.3) is 0 Å². The first-order valence-corrected chi connectivity index (χ1v) is 7.85. The lowest BCUT2D eigenvalue weighted by Gasteiger charge is -2.09. The zero-order valence-corrected chi connectivity index (χ0v) is 14.7. The highest BCUT2D eigenvalue weighted by atomic mass is 32.1. The predicted octanol–water partition coefficient (Wildman–Crippen LogP) is 2.87. The molecule has 0 aliphatic carbocycles. The van der Waals surface area contributed by atoms with Crippen LogP contribution in [0.5, 0.6) is 5.88 Å². The molecule has 1 amide bonds. The zero-order chi connectivity index (χ0) is 18.9. The van der Waals surface area contributed by atoms with Crippen LogP contribution in [0.15, 0.2) is 54.9 Å². The zero-order valence-electron chi connectivity index (χ0n) is 13.8. The number of benzene rings is 1. The summed E-state index contributed by atoms with van der Waals surface area (Å²) in [5.41, 5.74) is 1.10. The Morgan fingerprint density at radius 3 is 2.46 bits per heavy atom. The van der Waals surface area contributed by atoms with E-state index in [2.05, 4.69) is 27.6 Å². The molecule has 1 aromatic carbocycles. The van der Waals surface area contributed by atoms with E-state index in [4.69, 9.17) is 4.74 Å². The lowest BCUT2D eigenvalue weighted by Crippen LogP contribution is -2.15. The van der Waals surface area contributed by atoms with Gasteiger partial charge in [0.25, 0.3) is 5.91 Å². The van der Waals surface area contributed by atoms with Gasteiger partial charge in [-0.3, -0.25) is 14.2 Å². The summed E-state index contributed by atoms with van der Waals surface area (Å²) in [4.78, 5) is 15.5. The second kappa shape index (κ2) is 9.52. The Kier molecular flexibility index (Phi) is 7.10. The number of rotatable bonds is 4. The Hall–Kier alpha value is -2.94. The minimum Gasteiger partial charge on any atom is -0.481 e. The van der Waals surface area contributed by atoms with E-state index in [-0.39, 0.29) is 11.6 Å². The van der Waals surface area contributed by atoms with E-state index in [1.807, 2.05) is 12.3 Å². The number of hydrogen-bond donors (Lipinski definition) is 2. The molecule has 136 valence electrons. The fourth-order valence-corrected chi connectivity index (χ4v) is 2.09. The molecule has 3 aromatic rings.